The zero-order valence-corrected chi connectivity index (χ0v) is 17.5. The lowest BCUT2D eigenvalue weighted by atomic mass is 10.2. The van der Waals surface area contributed by atoms with E-state index in [-0.39, 0.29) is 13.2 Å². The van der Waals surface area contributed by atoms with E-state index in [1.165, 1.54) is 0 Å². The molecule has 0 spiro atoms. The average Bonchev–Trinajstić information content (AvgIpc) is 2.70. The predicted molar refractivity (Wildman–Crippen MR) is 110 cm³/mol. The first-order valence-corrected chi connectivity index (χ1v) is 9.60. The summed E-state index contributed by atoms with van der Waals surface area (Å²) in [5.41, 5.74) is 0.885. The molecule has 0 N–H and O–H groups in total. The highest BCUT2D eigenvalue weighted by Crippen LogP contribution is 2.09. The van der Waals surface area contributed by atoms with E-state index in [0.29, 0.717) is 0 Å². The first-order chi connectivity index (χ1) is 14.2. The van der Waals surface area contributed by atoms with Crippen LogP contribution in [-0.4, -0.2) is 41.6 Å². The molecule has 0 aliphatic rings. The van der Waals surface area contributed by atoms with Gasteiger partial charge in [0.05, 0.1) is 0 Å². The van der Waals surface area contributed by atoms with E-state index >= 15 is 0 Å². The minimum Gasteiger partial charge on any atom is -0.459 e. The molecule has 0 unspecified atom stereocenters. The maximum absolute atomic E-state index is 12.5. The maximum Gasteiger partial charge on any atom is 0.411 e. The second kappa shape index (κ2) is 11.0. The first-order valence-electron chi connectivity index (χ1n) is 9.60. The molecule has 2 aromatic rings. The van der Waals surface area contributed by atoms with Crippen LogP contribution in [0.5, 0.6) is 0 Å². The van der Waals surface area contributed by atoms with Crippen LogP contribution in [0.1, 0.15) is 31.9 Å². The van der Waals surface area contributed by atoms with Crippen molar-refractivity contribution in [2.75, 3.05) is 13.1 Å². The van der Waals surface area contributed by atoms with Gasteiger partial charge in [-0.2, -0.15) is 0 Å². The van der Waals surface area contributed by atoms with Gasteiger partial charge < -0.3 is 14.2 Å². The lowest BCUT2D eigenvalue weighted by molar-refractivity contribution is -0.156. The van der Waals surface area contributed by atoms with Crippen LogP contribution in [0.3, 0.4) is 0 Å². The van der Waals surface area contributed by atoms with Crippen LogP contribution in [0.25, 0.3) is 0 Å². The van der Waals surface area contributed by atoms with Crippen molar-refractivity contribution in [2.24, 2.45) is 0 Å². The van der Waals surface area contributed by atoms with Gasteiger partial charge in [-0.3, -0.25) is 14.5 Å². The monoisotopic (exact) mass is 413 g/mol. The number of nitrogens with zero attached hydrogens (tertiary/aromatic N) is 1. The number of amides is 1. The first kappa shape index (κ1) is 22.9. The SMILES string of the molecule is CC(C)(C)OC(=O)CN(CC(=O)OCc1ccccc1)C(=O)OCc1ccccc1. The molecule has 30 heavy (non-hydrogen) atoms. The van der Waals surface area contributed by atoms with Crippen molar-refractivity contribution < 1.29 is 28.6 Å². The van der Waals surface area contributed by atoms with E-state index in [1.807, 2.05) is 48.5 Å². The highest BCUT2D eigenvalue weighted by Gasteiger charge is 2.25. The Morgan fingerprint density at radius 3 is 1.70 bits per heavy atom. The van der Waals surface area contributed by atoms with Crippen LogP contribution in [0.2, 0.25) is 0 Å². The maximum atomic E-state index is 12.5. The third-order valence-corrected chi connectivity index (χ3v) is 3.77. The molecule has 0 aromatic heterocycles. The van der Waals surface area contributed by atoms with E-state index in [1.54, 1.807) is 32.9 Å². The Bertz CT molecular complexity index is 830. The molecule has 0 heterocycles. The van der Waals surface area contributed by atoms with Gasteiger partial charge >= 0.3 is 18.0 Å². The van der Waals surface area contributed by atoms with Gasteiger partial charge in [0.25, 0.3) is 0 Å². The summed E-state index contributed by atoms with van der Waals surface area (Å²) in [5.74, 6) is -1.30. The molecule has 0 atom stereocenters. The molecule has 2 rings (SSSR count). The van der Waals surface area contributed by atoms with Crippen LogP contribution >= 0.6 is 0 Å². The minimum absolute atomic E-state index is 0.0174. The van der Waals surface area contributed by atoms with Crippen molar-refractivity contribution in [1.29, 1.82) is 0 Å². The number of hydrogen-bond donors (Lipinski definition) is 0. The van der Waals surface area contributed by atoms with Crippen LogP contribution < -0.4 is 0 Å². The molecule has 0 saturated heterocycles. The van der Waals surface area contributed by atoms with Crippen molar-refractivity contribution >= 4 is 18.0 Å². The Hall–Kier alpha value is -3.35. The highest BCUT2D eigenvalue weighted by molar-refractivity contribution is 5.82. The summed E-state index contributed by atoms with van der Waals surface area (Å²) in [4.78, 5) is 37.9. The lowest BCUT2D eigenvalue weighted by Gasteiger charge is -2.24. The Balaban J connectivity index is 1.97. The van der Waals surface area contributed by atoms with Gasteiger partial charge in [-0.1, -0.05) is 60.7 Å². The number of hydrogen-bond acceptors (Lipinski definition) is 6. The van der Waals surface area contributed by atoms with E-state index in [4.69, 9.17) is 14.2 Å². The second-order valence-corrected chi connectivity index (χ2v) is 7.63. The summed E-state index contributed by atoms with van der Waals surface area (Å²) < 4.78 is 15.7. The topological polar surface area (TPSA) is 82.1 Å². The fraction of sp³-hybridized carbons (Fsp3) is 0.348. The third kappa shape index (κ3) is 8.77. The minimum atomic E-state index is -0.804. The fourth-order valence-corrected chi connectivity index (χ4v) is 2.46. The van der Waals surface area contributed by atoms with Gasteiger partial charge in [0.1, 0.15) is 31.9 Å². The Morgan fingerprint density at radius 2 is 1.20 bits per heavy atom. The van der Waals surface area contributed by atoms with Crippen molar-refractivity contribution in [1.82, 2.24) is 4.90 Å². The lowest BCUT2D eigenvalue weighted by Crippen LogP contribution is -2.42. The Labute approximate surface area is 176 Å². The second-order valence-electron chi connectivity index (χ2n) is 7.63. The standard InChI is InChI=1S/C23H27NO6/c1-23(2,3)30-21(26)15-24(22(27)29-17-19-12-8-5-9-13-19)14-20(25)28-16-18-10-6-4-7-11-18/h4-13H,14-17H2,1-3H3. The molecule has 0 bridgehead atoms. The van der Waals surface area contributed by atoms with Gasteiger partial charge in [0.15, 0.2) is 0 Å². The van der Waals surface area contributed by atoms with Gasteiger partial charge in [-0.25, -0.2) is 4.79 Å². The molecule has 7 heteroatoms. The zero-order chi connectivity index (χ0) is 22.0. The molecule has 0 saturated carbocycles. The number of benzene rings is 2. The molecule has 160 valence electrons. The molecule has 2 aromatic carbocycles. The highest BCUT2D eigenvalue weighted by atomic mass is 16.6. The molecule has 0 aliphatic heterocycles. The van der Waals surface area contributed by atoms with Crippen LogP contribution in [-0.2, 0) is 37.0 Å². The summed E-state index contributed by atoms with van der Waals surface area (Å²) in [5, 5.41) is 0. The molecule has 0 aliphatic carbocycles. The third-order valence-electron chi connectivity index (χ3n) is 3.77. The summed E-state index contributed by atoms with van der Waals surface area (Å²) in [6.45, 7) is 4.39. The molecular formula is C23H27NO6. The van der Waals surface area contributed by atoms with E-state index in [0.717, 1.165) is 16.0 Å². The summed E-state index contributed by atoms with van der Waals surface area (Å²) in [7, 11) is 0. The van der Waals surface area contributed by atoms with Gasteiger partial charge in [0.2, 0.25) is 0 Å². The predicted octanol–water partition coefficient (Wildman–Crippen LogP) is 3.71. The normalized spacial score (nSPS) is 10.8. The Kier molecular flexibility index (Phi) is 8.41. The van der Waals surface area contributed by atoms with Crippen molar-refractivity contribution in [2.45, 2.75) is 39.6 Å². The van der Waals surface area contributed by atoms with Crippen LogP contribution in [0.4, 0.5) is 4.79 Å². The summed E-state index contributed by atoms with van der Waals surface area (Å²) >= 11 is 0. The largest absolute Gasteiger partial charge is 0.459 e. The van der Waals surface area contributed by atoms with Crippen LogP contribution in [0.15, 0.2) is 60.7 Å². The number of carbonyl (C=O) groups excluding carboxylic acids is 3. The smallest absolute Gasteiger partial charge is 0.411 e. The molecule has 1 amide bonds. The van der Waals surface area contributed by atoms with Gasteiger partial charge in [0, 0.05) is 0 Å². The number of esters is 2. The van der Waals surface area contributed by atoms with Gasteiger partial charge in [-0.15, -0.1) is 0 Å². The van der Waals surface area contributed by atoms with E-state index in [9.17, 15) is 14.4 Å². The molecule has 7 nitrogen and oxygen atoms in total. The average molecular weight is 413 g/mol. The van der Waals surface area contributed by atoms with Crippen molar-refractivity contribution in [3.8, 4) is 0 Å². The van der Waals surface area contributed by atoms with E-state index in [2.05, 4.69) is 0 Å². The van der Waals surface area contributed by atoms with Crippen molar-refractivity contribution in [3.05, 3.63) is 71.8 Å². The van der Waals surface area contributed by atoms with Crippen molar-refractivity contribution in [3.63, 3.8) is 0 Å². The summed E-state index contributed by atoms with van der Waals surface area (Å²) in [6, 6.07) is 18.3. The number of carbonyl (C=O) groups is 3. The molecule has 0 fully saturated rings. The van der Waals surface area contributed by atoms with E-state index < -0.39 is 36.7 Å². The number of rotatable bonds is 8. The molecular weight excluding hydrogens is 386 g/mol. The quantitative estimate of drug-likeness (QED) is 0.485. The van der Waals surface area contributed by atoms with Gasteiger partial charge in [-0.05, 0) is 31.9 Å². The summed E-state index contributed by atoms with van der Waals surface area (Å²) in [6.07, 6.45) is -0.804. The van der Waals surface area contributed by atoms with Crippen LogP contribution in [0, 0.1) is 0 Å². The zero-order valence-electron chi connectivity index (χ0n) is 17.5. The fourth-order valence-electron chi connectivity index (χ4n) is 2.46. The molecule has 0 radical (unpaired) electrons. The number of ether oxygens (including phenoxy) is 3. The Morgan fingerprint density at radius 1 is 0.733 bits per heavy atom.